The van der Waals surface area contributed by atoms with Crippen molar-refractivity contribution in [3.63, 3.8) is 0 Å². The summed E-state index contributed by atoms with van der Waals surface area (Å²) in [6.45, 7) is 9.22. The highest BCUT2D eigenvalue weighted by Crippen LogP contribution is 2.52. The van der Waals surface area contributed by atoms with Crippen LogP contribution < -0.4 is 10.4 Å². The number of aliphatic hydroxyl groups is 1. The van der Waals surface area contributed by atoms with E-state index < -0.39 is 35.4 Å². The van der Waals surface area contributed by atoms with Crippen molar-refractivity contribution in [2.75, 3.05) is 0 Å². The van der Waals surface area contributed by atoms with Crippen LogP contribution in [0.15, 0.2) is 111 Å². The van der Waals surface area contributed by atoms with Crippen LogP contribution in [0.5, 0.6) is 5.75 Å². The van der Waals surface area contributed by atoms with Gasteiger partial charge in [0.25, 0.3) is 0 Å². The number of carbonyl (C=O) groups is 2. The maximum Gasteiger partial charge on any atom is 0.340 e. The van der Waals surface area contributed by atoms with E-state index in [1.165, 1.54) is 16.7 Å². The van der Waals surface area contributed by atoms with Crippen molar-refractivity contribution < 1.29 is 33.3 Å². The Hall–Kier alpha value is -5.47. The van der Waals surface area contributed by atoms with E-state index in [9.17, 15) is 19.5 Å². The van der Waals surface area contributed by atoms with E-state index in [1.54, 1.807) is 0 Å². The second kappa shape index (κ2) is 19.1. The Labute approximate surface area is 371 Å². The molecule has 1 aromatic heterocycles. The summed E-state index contributed by atoms with van der Waals surface area (Å²) in [5, 5.41) is 11.3. The largest absolute Gasteiger partial charge is 0.483 e. The van der Waals surface area contributed by atoms with Crippen molar-refractivity contribution >= 4 is 22.9 Å². The molecule has 0 spiro atoms. The highest BCUT2D eigenvalue weighted by molar-refractivity contribution is 5.90. The second-order valence-corrected chi connectivity index (χ2v) is 18.9. The Bertz CT molecular complexity index is 2520. The molecule has 1 fully saturated rings. The Balaban J connectivity index is 1.22. The molecule has 4 heterocycles. The fourth-order valence-electron chi connectivity index (χ4n) is 10.5. The fraction of sp³-hybridized carbons (Fsp3) is 0.436. The molecule has 8 nitrogen and oxygen atoms in total. The molecule has 3 aliphatic heterocycles. The lowest BCUT2D eigenvalue weighted by Crippen LogP contribution is -2.58. The summed E-state index contributed by atoms with van der Waals surface area (Å²) >= 11 is 0. The third-order valence-corrected chi connectivity index (χ3v) is 13.9. The van der Waals surface area contributed by atoms with Crippen LogP contribution in [0.25, 0.3) is 11.0 Å². The maximum absolute atomic E-state index is 14.8. The molecular weight excluding hydrogens is 789 g/mol. The smallest absolute Gasteiger partial charge is 0.340 e. The van der Waals surface area contributed by atoms with Crippen LogP contribution in [-0.2, 0) is 51.4 Å². The summed E-state index contributed by atoms with van der Waals surface area (Å²) in [6, 6.07) is 31.3. The van der Waals surface area contributed by atoms with Gasteiger partial charge in [-0.25, -0.2) is 9.59 Å². The van der Waals surface area contributed by atoms with Gasteiger partial charge in [0.15, 0.2) is 12.2 Å². The van der Waals surface area contributed by atoms with E-state index >= 15 is 0 Å². The van der Waals surface area contributed by atoms with Crippen LogP contribution >= 0.6 is 0 Å². The predicted octanol–water partition coefficient (Wildman–Crippen LogP) is 11.4. The van der Waals surface area contributed by atoms with Crippen molar-refractivity contribution in [2.45, 2.75) is 142 Å². The summed E-state index contributed by atoms with van der Waals surface area (Å²) in [7, 11) is 0. The van der Waals surface area contributed by atoms with Crippen molar-refractivity contribution in [3.05, 3.63) is 157 Å². The third-order valence-electron chi connectivity index (χ3n) is 13.9. The minimum Gasteiger partial charge on any atom is -0.483 e. The number of aliphatic hydroxyl groups excluding tert-OH is 1. The number of benzene rings is 4. The van der Waals surface area contributed by atoms with Gasteiger partial charge in [0.2, 0.25) is 0 Å². The van der Waals surface area contributed by atoms with Crippen molar-refractivity contribution in [3.8, 4) is 5.75 Å². The van der Waals surface area contributed by atoms with E-state index in [-0.39, 0.29) is 36.4 Å². The number of ether oxygens (including phenoxy) is 3. The zero-order valence-electron chi connectivity index (χ0n) is 37.5. The summed E-state index contributed by atoms with van der Waals surface area (Å²) in [4.78, 5) is 43.3. The number of fused-ring (bicyclic) bond motifs is 13. The highest BCUT2D eigenvalue weighted by Gasteiger charge is 2.56. The molecule has 0 unspecified atom stereocenters. The molecule has 4 aliphatic rings. The van der Waals surface area contributed by atoms with E-state index in [2.05, 4.69) is 72.8 Å². The van der Waals surface area contributed by atoms with E-state index in [4.69, 9.17) is 18.6 Å². The molecule has 0 amide bonds. The number of allylic oxidation sites excluding steroid dienone is 1. The van der Waals surface area contributed by atoms with Crippen LogP contribution in [0.2, 0.25) is 0 Å². The molecule has 4 atom stereocenters. The van der Waals surface area contributed by atoms with Crippen LogP contribution in [0.1, 0.15) is 143 Å². The zero-order chi connectivity index (χ0) is 44.3. The molecule has 1 saturated carbocycles. The number of hydrogen-bond donors (Lipinski definition) is 1. The zero-order valence-corrected chi connectivity index (χ0v) is 37.5. The minimum absolute atomic E-state index is 0.0125. The summed E-state index contributed by atoms with van der Waals surface area (Å²) in [6.07, 6.45) is 6.86. The van der Waals surface area contributed by atoms with Crippen molar-refractivity contribution in [1.29, 1.82) is 0 Å². The summed E-state index contributed by atoms with van der Waals surface area (Å²) in [5.41, 5.74) is 7.07. The average molecular weight is 851 g/mol. The van der Waals surface area contributed by atoms with Crippen LogP contribution in [0, 0.1) is 11.8 Å². The van der Waals surface area contributed by atoms with Crippen LogP contribution in [0.4, 0.5) is 0 Å². The quantitative estimate of drug-likeness (QED) is 0.0933. The molecule has 2 bridgehead atoms. The molecule has 8 heteroatoms. The minimum atomic E-state index is -1.17. The first-order valence-corrected chi connectivity index (χ1v) is 23.1. The van der Waals surface area contributed by atoms with Crippen molar-refractivity contribution in [2.24, 2.45) is 11.8 Å². The van der Waals surface area contributed by atoms with Gasteiger partial charge in [-0.2, -0.15) is 0 Å². The first-order chi connectivity index (χ1) is 30.4. The summed E-state index contributed by atoms with van der Waals surface area (Å²) < 4.78 is 26.8. The van der Waals surface area contributed by atoms with Gasteiger partial charge >= 0.3 is 17.6 Å². The first kappa shape index (κ1) is 44.1. The second-order valence-electron chi connectivity index (χ2n) is 18.9. The molecule has 63 heavy (non-hydrogen) atoms. The lowest BCUT2D eigenvalue weighted by Gasteiger charge is -2.50. The van der Waals surface area contributed by atoms with Crippen LogP contribution in [-0.4, -0.2) is 28.8 Å². The van der Waals surface area contributed by atoms with Gasteiger partial charge in [-0.05, 0) is 129 Å². The summed E-state index contributed by atoms with van der Waals surface area (Å²) in [5.74, 6) is -0.808. The lowest BCUT2D eigenvalue weighted by molar-refractivity contribution is -0.201. The molecule has 1 aliphatic carbocycles. The van der Waals surface area contributed by atoms with Gasteiger partial charge in [-0.1, -0.05) is 118 Å². The van der Waals surface area contributed by atoms with Crippen LogP contribution in [0.3, 0.4) is 0 Å². The Morgan fingerprint density at radius 3 is 2.22 bits per heavy atom. The topological polar surface area (TPSA) is 112 Å². The Morgan fingerprint density at radius 1 is 0.794 bits per heavy atom. The Morgan fingerprint density at radius 2 is 1.51 bits per heavy atom. The molecule has 5 aromatic rings. The fourth-order valence-corrected chi connectivity index (χ4v) is 10.5. The van der Waals surface area contributed by atoms with Gasteiger partial charge in [-0.3, -0.25) is 4.79 Å². The number of rotatable bonds is 8. The predicted molar refractivity (Wildman–Crippen MR) is 246 cm³/mol. The van der Waals surface area contributed by atoms with E-state index in [1.807, 2.05) is 52.8 Å². The van der Waals surface area contributed by atoms with E-state index in [0.29, 0.717) is 52.7 Å². The normalized spacial score (nSPS) is 22.3. The van der Waals surface area contributed by atoms with Crippen molar-refractivity contribution in [1.82, 2.24) is 0 Å². The SMILES string of the molecule is CC(C)=C1CCc2ccc(cc2)C[C@@H](CCc2cccc(Cc3ccccc3)c2)CC(=O)O[C@H]2c3c(ccc4c(CO)c(C(C)C)c(=O)oc34)O[C@@](C)(C3CCCCC3)[C@H]2OC1=O. The number of esters is 2. The monoisotopic (exact) mass is 850 g/mol. The van der Waals surface area contributed by atoms with Gasteiger partial charge in [0.1, 0.15) is 16.9 Å². The molecular formula is C55H62O8. The third kappa shape index (κ3) is 9.57. The molecule has 0 saturated heterocycles. The highest BCUT2D eigenvalue weighted by atomic mass is 16.6. The average Bonchev–Trinajstić information content (AvgIpc) is 3.27. The van der Waals surface area contributed by atoms with Gasteiger partial charge in [-0.15, -0.1) is 0 Å². The lowest BCUT2D eigenvalue weighted by atomic mass is 9.71. The van der Waals surface area contributed by atoms with E-state index in [0.717, 1.165) is 68.1 Å². The molecule has 4 aromatic carbocycles. The molecule has 330 valence electrons. The number of hydrogen-bond acceptors (Lipinski definition) is 8. The van der Waals surface area contributed by atoms with Gasteiger partial charge < -0.3 is 23.7 Å². The Kier molecular flexibility index (Phi) is 13.4. The standard InChI is InChI=1S/C55H62O8/c1-34(2)43-26-25-36-19-21-39(22-20-36)31-41(24-23-38-15-12-16-40(30-38)29-37-13-8-6-9-14-37)32-47(57)60-51-49-46(28-27-44-45(33-56)48(35(3)4)54(59)61-50(44)49)63-55(5,52(51)62-53(43)58)42-17-10-7-11-18-42/h6,8-9,12-16,19-22,27-28,30,35,41-42,51-52,56H,7,10-11,17-18,23-26,29,31-33H2,1-5H3/t41-,51+,52+,55+/m1/s1. The first-order valence-electron chi connectivity index (χ1n) is 23.1. The number of aryl methyl sites for hydroxylation is 2. The molecule has 9 rings (SSSR count). The molecule has 0 radical (unpaired) electrons. The van der Waals surface area contributed by atoms with Gasteiger partial charge in [0, 0.05) is 28.9 Å². The van der Waals surface area contributed by atoms with Gasteiger partial charge in [0.05, 0.1) is 12.2 Å². The molecule has 1 N–H and O–H groups in total. The number of carbonyl (C=O) groups excluding carboxylic acids is 2. The maximum atomic E-state index is 14.8.